The summed E-state index contributed by atoms with van der Waals surface area (Å²) in [6.45, 7) is 9.84. The Hall–Kier alpha value is -5.57. The van der Waals surface area contributed by atoms with Crippen molar-refractivity contribution in [1.29, 1.82) is 0 Å². The van der Waals surface area contributed by atoms with E-state index < -0.39 is 67.9 Å². The lowest BCUT2D eigenvalue weighted by atomic mass is 9.77. The minimum atomic E-state index is -5.39. The number of halogens is 1. The van der Waals surface area contributed by atoms with Gasteiger partial charge in [0.15, 0.2) is 24.4 Å². The van der Waals surface area contributed by atoms with Crippen LogP contribution >= 0.6 is 19.4 Å². The van der Waals surface area contributed by atoms with Crippen LogP contribution in [0.3, 0.4) is 0 Å². The average Bonchev–Trinajstić information content (AvgIpc) is 4.03. The minimum Gasteiger partial charge on any atom is -0.497 e. The number of phosphoric acid groups is 1. The van der Waals surface area contributed by atoms with Crippen molar-refractivity contribution in [2.45, 2.75) is 81.9 Å². The Balaban J connectivity index is 0.00000107. The number of hydrogen-bond acceptors (Lipinski definition) is 15. The Labute approximate surface area is 436 Å². The summed E-state index contributed by atoms with van der Waals surface area (Å²) in [6, 6.07) is 32.2. The molecule has 0 saturated carbocycles. The summed E-state index contributed by atoms with van der Waals surface area (Å²) in [6.07, 6.45) is 1.84. The van der Waals surface area contributed by atoms with Gasteiger partial charge in [-0.3, -0.25) is 14.3 Å². The fourth-order valence-electron chi connectivity index (χ4n) is 8.86. The maximum atomic E-state index is 14.2. The van der Waals surface area contributed by atoms with E-state index in [4.69, 9.17) is 53.8 Å². The van der Waals surface area contributed by atoms with Gasteiger partial charge in [-0.1, -0.05) is 117 Å². The number of ether oxygens (including phenoxy) is 7. The molecule has 18 nitrogen and oxygen atoms in total. The van der Waals surface area contributed by atoms with Crippen molar-refractivity contribution in [3.05, 3.63) is 177 Å². The van der Waals surface area contributed by atoms with Crippen LogP contribution in [0.1, 0.15) is 67.7 Å². The number of nitrogens with one attached hydrogen (secondary N) is 1. The molecule has 396 valence electrons. The van der Waals surface area contributed by atoms with Crippen molar-refractivity contribution < 1.29 is 61.6 Å². The number of aliphatic hydroxyl groups is 1. The highest BCUT2D eigenvalue weighted by molar-refractivity contribution is 7.47. The third-order valence-corrected chi connectivity index (χ3v) is 14.3. The highest BCUT2D eigenvalue weighted by Gasteiger charge is 2.64. The predicted octanol–water partition coefficient (Wildman–Crippen LogP) is 8.65. The summed E-state index contributed by atoms with van der Waals surface area (Å²) in [5.74, 6) is -4.36. The Kier molecular flexibility index (Phi) is 19.2. The van der Waals surface area contributed by atoms with Crippen LogP contribution in [0, 0.1) is 0 Å². The van der Waals surface area contributed by atoms with Crippen LogP contribution in [0.25, 0.3) is 0 Å². The number of methoxy groups -OCH3 is 3. The molecule has 4 aromatic carbocycles. The second kappa shape index (κ2) is 25.3. The van der Waals surface area contributed by atoms with E-state index in [1.165, 1.54) is 71.4 Å². The van der Waals surface area contributed by atoms with Crippen LogP contribution < -0.4 is 20.3 Å². The number of carbonyl (C=O) groups excluding carboxylic acids is 1. The Morgan fingerprint density at radius 2 is 1.55 bits per heavy atom. The fraction of sp³-hybridized carbons (Fsp3) is 0.389. The quantitative estimate of drug-likeness (QED) is 0.0464. The van der Waals surface area contributed by atoms with Gasteiger partial charge in [0.1, 0.15) is 29.0 Å². The molecule has 0 bridgehead atoms. The van der Waals surface area contributed by atoms with Gasteiger partial charge in [0.05, 0.1) is 18.7 Å². The molecule has 74 heavy (non-hydrogen) atoms. The van der Waals surface area contributed by atoms with Gasteiger partial charge in [-0.05, 0) is 91.3 Å². The van der Waals surface area contributed by atoms with E-state index >= 15 is 0 Å². The number of amides is 1. The van der Waals surface area contributed by atoms with E-state index in [1.54, 1.807) is 36.4 Å². The van der Waals surface area contributed by atoms with Gasteiger partial charge in [0.25, 0.3) is 5.91 Å². The summed E-state index contributed by atoms with van der Waals surface area (Å²) >= 11 is 6.33. The minimum absolute atomic E-state index is 0.0213. The lowest BCUT2D eigenvalue weighted by Gasteiger charge is -2.41. The van der Waals surface area contributed by atoms with Crippen molar-refractivity contribution in [2.75, 3.05) is 59.5 Å². The van der Waals surface area contributed by atoms with Gasteiger partial charge in [0.2, 0.25) is 5.79 Å². The molecule has 2 unspecified atom stereocenters. The van der Waals surface area contributed by atoms with E-state index in [1.807, 2.05) is 72.8 Å². The van der Waals surface area contributed by atoms with Crippen LogP contribution in [-0.4, -0.2) is 115 Å². The number of anilines is 1. The van der Waals surface area contributed by atoms with Crippen LogP contribution in [0.4, 0.5) is 5.82 Å². The molecule has 1 aliphatic carbocycles. The molecule has 3 heterocycles. The van der Waals surface area contributed by atoms with E-state index in [0.29, 0.717) is 41.9 Å². The van der Waals surface area contributed by atoms with Crippen molar-refractivity contribution in [3.63, 3.8) is 0 Å². The van der Waals surface area contributed by atoms with Crippen LogP contribution in [0.2, 0.25) is 5.02 Å². The van der Waals surface area contributed by atoms with E-state index in [9.17, 15) is 24.2 Å². The molecule has 2 fully saturated rings. The summed E-state index contributed by atoms with van der Waals surface area (Å²) in [7, 11) is -0.813. The average molecular weight is 1060 g/mol. The Morgan fingerprint density at radius 1 is 0.919 bits per heavy atom. The Bertz CT molecular complexity index is 2740. The molecule has 5 aromatic rings. The number of rotatable bonds is 21. The zero-order chi connectivity index (χ0) is 52.9. The van der Waals surface area contributed by atoms with Gasteiger partial charge in [-0.15, -0.1) is 0 Å². The monoisotopic (exact) mass is 1060 g/mol. The maximum absolute atomic E-state index is 14.2. The molecule has 8 rings (SSSR count). The van der Waals surface area contributed by atoms with Crippen LogP contribution in [-0.2, 0) is 43.1 Å². The fourth-order valence-corrected chi connectivity index (χ4v) is 10.1. The molecule has 3 N–H and O–H groups in total. The first kappa shape index (κ1) is 56.2. The maximum Gasteiger partial charge on any atom is 0.530 e. The molecule has 6 atom stereocenters. The van der Waals surface area contributed by atoms with Crippen molar-refractivity contribution in [1.82, 2.24) is 14.5 Å². The van der Waals surface area contributed by atoms with Crippen molar-refractivity contribution in [3.8, 4) is 11.5 Å². The number of benzene rings is 4. The number of para-hydroxylation sites is 1. The second-order valence-electron chi connectivity index (χ2n) is 17.3. The van der Waals surface area contributed by atoms with Crippen molar-refractivity contribution >= 4 is 31.1 Å². The third kappa shape index (κ3) is 12.9. The predicted molar refractivity (Wildman–Crippen MR) is 277 cm³/mol. The normalized spacial score (nSPS) is 22.1. The van der Waals surface area contributed by atoms with Gasteiger partial charge in [-0.2, -0.15) is 4.98 Å². The van der Waals surface area contributed by atoms with Gasteiger partial charge < -0.3 is 53.0 Å². The second-order valence-corrected chi connectivity index (χ2v) is 19.0. The highest BCUT2D eigenvalue weighted by Crippen LogP contribution is 2.55. The molecule has 20 heteroatoms. The molecular weight excluding hydrogens is 995 g/mol. The highest BCUT2D eigenvalue weighted by atomic mass is 35.5. The smallest absolute Gasteiger partial charge is 0.497 e. The third-order valence-electron chi connectivity index (χ3n) is 13.0. The lowest BCUT2D eigenvalue weighted by Crippen LogP contribution is -2.54. The SMILES string of the molecule is CCN(CC)CC.COc1ccc(C(=O)Nc2ccn([C@@H]3O[C@H](COC(C4=CCC(OC)(OC)C=C4)(c4ccccc4)c4ccccc4)[C@](O)(OP(=O)(O)Oc4ccccc4Cl)[C@H]3OC3CCCO3)c(=O)n2)cc1. The van der Waals surface area contributed by atoms with Gasteiger partial charge in [-0.25, -0.2) is 13.9 Å². The van der Waals surface area contributed by atoms with Crippen LogP contribution in [0.15, 0.2) is 150 Å². The number of carbonyl (C=O) groups is 1. The van der Waals surface area contributed by atoms with E-state index in [0.717, 1.165) is 4.57 Å². The lowest BCUT2D eigenvalue weighted by molar-refractivity contribution is -0.269. The summed E-state index contributed by atoms with van der Waals surface area (Å²) in [5, 5.41) is 15.7. The molecule has 0 radical (unpaired) electrons. The molecule has 2 saturated heterocycles. The van der Waals surface area contributed by atoms with E-state index in [-0.39, 0.29) is 28.6 Å². The number of nitrogens with zero attached hydrogens (tertiary/aromatic N) is 3. The summed E-state index contributed by atoms with van der Waals surface area (Å²) in [5.41, 5.74) is -0.183. The molecular formula is C54H64ClN4O14P. The molecule has 1 aromatic heterocycles. The molecule has 3 aliphatic rings. The molecule has 0 spiro atoms. The first-order valence-corrected chi connectivity index (χ1v) is 26.2. The molecule has 1 amide bonds. The number of phosphoric ester groups is 1. The number of aromatic nitrogens is 2. The number of hydrogen-bond donors (Lipinski definition) is 3. The largest absolute Gasteiger partial charge is 0.530 e. The van der Waals surface area contributed by atoms with Gasteiger partial charge in [0, 0.05) is 45.4 Å². The first-order chi connectivity index (χ1) is 35.7. The first-order valence-electron chi connectivity index (χ1n) is 24.3. The standard InChI is InChI=1S/C48H49ClN3O14P.C6H15N/c1-58-36-22-20-32(21-23-36)43(53)50-40-26-29-52(45(54)51-40)44-42(64-41-19-12-30-61-41)48(55,66-67(56,57)65-38-18-11-10-17-37(38)49)39(63-44)31-62-47(33-13-6-4-7-14-33,34-15-8-5-9-16-34)35-24-27-46(59-2,60-3)28-25-35;1-4-7(5-2)6-3/h4-11,13-18,20-27,29,39,41-42,44,55H,12,19,28,30-31H2,1-3H3,(H,56,57)(H,50,51,53,54);4-6H2,1-3H3/t39-,41?,42+,44-,48+;/m1./s1. The Morgan fingerprint density at radius 3 is 2.08 bits per heavy atom. The van der Waals surface area contributed by atoms with Gasteiger partial charge >= 0.3 is 13.5 Å². The van der Waals surface area contributed by atoms with E-state index in [2.05, 4.69) is 36.0 Å². The van der Waals surface area contributed by atoms with Crippen molar-refractivity contribution in [2.24, 2.45) is 0 Å². The zero-order valence-electron chi connectivity index (χ0n) is 42.2. The van der Waals surface area contributed by atoms with Crippen LogP contribution in [0.5, 0.6) is 11.5 Å². The summed E-state index contributed by atoms with van der Waals surface area (Å²) < 4.78 is 69.0. The topological polar surface area (TPSA) is 208 Å². The summed E-state index contributed by atoms with van der Waals surface area (Å²) in [4.78, 5) is 45.2. The zero-order valence-corrected chi connectivity index (χ0v) is 43.9. The molecule has 2 aliphatic heterocycles.